The lowest BCUT2D eigenvalue weighted by Crippen LogP contribution is -2.35. The summed E-state index contributed by atoms with van der Waals surface area (Å²) in [4.78, 5) is 0. The summed E-state index contributed by atoms with van der Waals surface area (Å²) in [6, 6.07) is 4.97. The normalized spacial score (nSPS) is 22.5. The molecule has 0 fully saturated rings. The van der Waals surface area contributed by atoms with Gasteiger partial charge in [0, 0.05) is 0 Å². The van der Waals surface area contributed by atoms with Crippen molar-refractivity contribution >= 4 is 16.1 Å². The number of benzene rings is 1. The Morgan fingerprint density at radius 2 is 1.10 bits per heavy atom. The van der Waals surface area contributed by atoms with Crippen molar-refractivity contribution in [2.75, 3.05) is 0 Å². The average molecular weight is 321 g/mol. The lowest BCUT2D eigenvalue weighted by molar-refractivity contribution is 0.0942. The summed E-state index contributed by atoms with van der Waals surface area (Å²) in [5, 5.41) is 0. The zero-order valence-corrected chi connectivity index (χ0v) is 17.1. The van der Waals surface area contributed by atoms with Crippen LogP contribution >= 0.6 is 0 Å². The maximum Gasteiger partial charge on any atom is 0.0842 e. The molecular formula is C18H32OSi2. The van der Waals surface area contributed by atoms with Crippen molar-refractivity contribution in [1.29, 1.82) is 0 Å². The smallest absolute Gasteiger partial charge is 0.0842 e. The summed E-state index contributed by atoms with van der Waals surface area (Å²) in [5.41, 5.74) is 6.85. The Morgan fingerprint density at radius 3 is 1.33 bits per heavy atom. The van der Waals surface area contributed by atoms with E-state index < -0.39 is 16.1 Å². The monoisotopic (exact) mass is 320 g/mol. The van der Waals surface area contributed by atoms with E-state index in [1.54, 1.807) is 0 Å². The highest BCUT2D eigenvalue weighted by atomic mass is 28.3. The molecule has 0 bridgehead atoms. The van der Waals surface area contributed by atoms with Crippen LogP contribution in [-0.2, 0) is 17.6 Å². The van der Waals surface area contributed by atoms with Crippen molar-refractivity contribution in [2.24, 2.45) is 0 Å². The Hall–Kier alpha value is -0.386. The van der Waals surface area contributed by atoms with Gasteiger partial charge in [0.2, 0.25) is 0 Å². The number of aryl methyl sites for hydroxylation is 2. The van der Waals surface area contributed by atoms with Crippen LogP contribution in [0.15, 0.2) is 12.1 Å². The van der Waals surface area contributed by atoms with E-state index in [-0.39, 0.29) is 0 Å². The lowest BCUT2D eigenvalue weighted by atomic mass is 9.96. The van der Waals surface area contributed by atoms with E-state index in [2.05, 4.69) is 65.3 Å². The minimum Gasteiger partial charge on any atom is -0.373 e. The van der Waals surface area contributed by atoms with Crippen LogP contribution in [0.25, 0.3) is 0 Å². The number of ether oxygens (including phenoxy) is 1. The van der Waals surface area contributed by atoms with Crippen LogP contribution in [0.3, 0.4) is 0 Å². The zero-order valence-electron chi connectivity index (χ0n) is 15.1. The minimum absolute atomic E-state index is 0.375. The van der Waals surface area contributed by atoms with Gasteiger partial charge in [-0.2, -0.15) is 0 Å². The Labute approximate surface area is 133 Å². The molecule has 0 radical (unpaired) electrons. The van der Waals surface area contributed by atoms with Gasteiger partial charge in [-0.3, -0.25) is 0 Å². The third kappa shape index (κ3) is 3.20. The quantitative estimate of drug-likeness (QED) is 0.649. The molecule has 2 unspecified atom stereocenters. The second-order valence-electron chi connectivity index (χ2n) is 8.59. The second-order valence-corrected chi connectivity index (χ2v) is 19.1. The molecule has 0 saturated heterocycles. The molecule has 0 aliphatic carbocycles. The van der Waals surface area contributed by atoms with Gasteiger partial charge in [-0.15, -0.1) is 0 Å². The van der Waals surface area contributed by atoms with Crippen molar-refractivity contribution in [3.8, 4) is 0 Å². The van der Waals surface area contributed by atoms with E-state index >= 15 is 0 Å². The molecule has 1 aliphatic rings. The SMILES string of the molecule is CCc1cc2c(cc1CC)C([Si](C)(C)C)OC2[Si](C)(C)C. The van der Waals surface area contributed by atoms with Crippen molar-refractivity contribution in [1.82, 2.24) is 0 Å². The molecule has 2 atom stereocenters. The van der Waals surface area contributed by atoms with Crippen molar-refractivity contribution in [2.45, 2.75) is 77.4 Å². The summed E-state index contributed by atoms with van der Waals surface area (Å²) in [6.07, 6.45) is 2.26. The molecule has 2 rings (SSSR count). The van der Waals surface area contributed by atoms with Gasteiger partial charge in [0.1, 0.15) is 0 Å². The molecule has 1 nitrogen and oxygen atoms in total. The van der Waals surface area contributed by atoms with E-state index in [1.165, 1.54) is 22.3 Å². The summed E-state index contributed by atoms with van der Waals surface area (Å²) >= 11 is 0. The maximum atomic E-state index is 6.68. The molecule has 21 heavy (non-hydrogen) atoms. The average Bonchev–Trinajstić information content (AvgIpc) is 2.74. The first-order chi connectivity index (χ1) is 9.59. The summed E-state index contributed by atoms with van der Waals surface area (Å²) in [7, 11) is -2.72. The Morgan fingerprint density at radius 1 is 0.762 bits per heavy atom. The van der Waals surface area contributed by atoms with Crippen molar-refractivity contribution < 1.29 is 4.74 Å². The molecule has 0 saturated carbocycles. The summed E-state index contributed by atoms with van der Waals surface area (Å²) in [6.45, 7) is 19.2. The first kappa shape index (κ1) is 17.0. The number of rotatable bonds is 4. The fourth-order valence-electron chi connectivity index (χ4n) is 3.46. The molecule has 1 heterocycles. The first-order valence-corrected chi connectivity index (χ1v) is 15.6. The molecule has 1 aliphatic heterocycles. The molecule has 0 aromatic heterocycles. The lowest BCUT2D eigenvalue weighted by Gasteiger charge is -2.29. The third-order valence-electron chi connectivity index (χ3n) is 4.58. The van der Waals surface area contributed by atoms with E-state index in [1.807, 2.05) is 0 Å². The first-order valence-electron chi connectivity index (χ1n) is 8.40. The van der Waals surface area contributed by atoms with Crippen LogP contribution in [0.1, 0.15) is 47.6 Å². The van der Waals surface area contributed by atoms with Crippen LogP contribution in [-0.4, -0.2) is 16.1 Å². The second kappa shape index (κ2) is 5.67. The highest BCUT2D eigenvalue weighted by molar-refractivity contribution is 6.79. The van der Waals surface area contributed by atoms with Gasteiger partial charge in [0.15, 0.2) is 0 Å². The standard InChI is InChI=1S/C18H32OSi2/c1-9-13-11-15-16(12-14(13)10-2)18(21(6,7)8)19-17(15)20(3,4)5/h11-12,17-18H,9-10H2,1-8H3. The van der Waals surface area contributed by atoms with E-state index in [0.717, 1.165) is 12.8 Å². The van der Waals surface area contributed by atoms with Gasteiger partial charge < -0.3 is 4.74 Å². The van der Waals surface area contributed by atoms with Crippen LogP contribution in [0.5, 0.6) is 0 Å². The van der Waals surface area contributed by atoms with Crippen molar-refractivity contribution in [3.05, 3.63) is 34.4 Å². The number of hydrogen-bond acceptors (Lipinski definition) is 1. The van der Waals surface area contributed by atoms with E-state index in [4.69, 9.17) is 4.74 Å². The predicted molar refractivity (Wildman–Crippen MR) is 98.5 cm³/mol. The molecule has 3 heteroatoms. The Kier molecular flexibility index (Phi) is 4.58. The molecule has 118 valence electrons. The van der Waals surface area contributed by atoms with Crippen LogP contribution in [0.4, 0.5) is 0 Å². The molecule has 1 aromatic carbocycles. The zero-order chi connectivity index (χ0) is 16.0. The fraction of sp³-hybridized carbons (Fsp3) is 0.667. The number of hydrogen-bond donors (Lipinski definition) is 0. The van der Waals surface area contributed by atoms with Crippen LogP contribution < -0.4 is 0 Å². The van der Waals surface area contributed by atoms with E-state index in [0.29, 0.717) is 11.5 Å². The molecule has 0 amide bonds. The molecular weight excluding hydrogens is 288 g/mol. The van der Waals surface area contributed by atoms with Gasteiger partial charge in [0.05, 0.1) is 27.6 Å². The Bertz CT molecular complexity index is 476. The molecule has 0 spiro atoms. The van der Waals surface area contributed by atoms with Gasteiger partial charge in [-0.05, 0) is 35.1 Å². The van der Waals surface area contributed by atoms with Crippen molar-refractivity contribution in [3.63, 3.8) is 0 Å². The van der Waals surface area contributed by atoms with Gasteiger partial charge in [-0.25, -0.2) is 0 Å². The minimum atomic E-state index is -1.36. The topological polar surface area (TPSA) is 9.23 Å². The predicted octanol–water partition coefficient (Wildman–Crippen LogP) is 5.68. The highest BCUT2D eigenvalue weighted by Crippen LogP contribution is 2.48. The van der Waals surface area contributed by atoms with Gasteiger partial charge >= 0.3 is 0 Å². The van der Waals surface area contributed by atoms with Gasteiger partial charge in [0.25, 0.3) is 0 Å². The number of fused-ring (bicyclic) bond motifs is 1. The fourth-order valence-corrected chi connectivity index (χ4v) is 7.05. The Balaban J connectivity index is 2.62. The maximum absolute atomic E-state index is 6.68. The van der Waals surface area contributed by atoms with E-state index in [9.17, 15) is 0 Å². The summed E-state index contributed by atoms with van der Waals surface area (Å²) in [5.74, 6) is 0. The van der Waals surface area contributed by atoms with Crippen LogP contribution in [0.2, 0.25) is 39.3 Å². The third-order valence-corrected chi connectivity index (χ3v) is 8.62. The largest absolute Gasteiger partial charge is 0.373 e. The highest BCUT2D eigenvalue weighted by Gasteiger charge is 2.44. The van der Waals surface area contributed by atoms with Gasteiger partial charge in [-0.1, -0.05) is 65.3 Å². The summed E-state index contributed by atoms with van der Waals surface area (Å²) < 4.78 is 6.68. The van der Waals surface area contributed by atoms with Crippen LogP contribution in [0, 0.1) is 0 Å². The molecule has 1 aromatic rings. The molecule has 0 N–H and O–H groups in total.